The molecule has 1 aliphatic rings. The summed E-state index contributed by atoms with van der Waals surface area (Å²) in [6, 6.07) is 2.19. The number of aromatic nitrogens is 1. The number of carbonyl (C=O) groups excluding carboxylic acids is 2. The molecule has 0 saturated carbocycles. The van der Waals surface area contributed by atoms with E-state index in [1.807, 2.05) is 6.07 Å². The van der Waals surface area contributed by atoms with Crippen LogP contribution in [0.25, 0.3) is 0 Å². The first-order valence-corrected chi connectivity index (χ1v) is 7.77. The van der Waals surface area contributed by atoms with E-state index in [0.717, 1.165) is 12.1 Å². The number of piperazine rings is 1. The van der Waals surface area contributed by atoms with E-state index in [1.54, 1.807) is 29.1 Å². The highest BCUT2D eigenvalue weighted by atomic mass is 16.2. The molecule has 1 aromatic heterocycles. The molecule has 1 aromatic rings. The standard InChI is InChI=1S/C16H24N4O2/c1-4-12(2)18-15-9-14(10-17-11-15)16(22)20-7-5-19(6-8-20)13(3)21/h9-12,18H,4-8H2,1-3H3. The second-order valence-electron chi connectivity index (χ2n) is 5.71. The van der Waals surface area contributed by atoms with Crippen molar-refractivity contribution in [2.24, 2.45) is 0 Å². The minimum atomic E-state index is -0.0245. The van der Waals surface area contributed by atoms with Crippen LogP contribution in [-0.2, 0) is 4.79 Å². The third kappa shape index (κ3) is 3.96. The van der Waals surface area contributed by atoms with E-state index in [4.69, 9.17) is 0 Å². The normalized spacial score (nSPS) is 16.3. The Morgan fingerprint density at radius 1 is 1.23 bits per heavy atom. The second kappa shape index (κ2) is 7.24. The van der Waals surface area contributed by atoms with Gasteiger partial charge < -0.3 is 15.1 Å². The topological polar surface area (TPSA) is 65.5 Å². The van der Waals surface area contributed by atoms with Gasteiger partial charge in [0.25, 0.3) is 5.91 Å². The lowest BCUT2D eigenvalue weighted by atomic mass is 10.2. The fourth-order valence-electron chi connectivity index (χ4n) is 2.43. The average molecular weight is 304 g/mol. The van der Waals surface area contributed by atoms with Crippen molar-refractivity contribution in [2.75, 3.05) is 31.5 Å². The monoisotopic (exact) mass is 304 g/mol. The van der Waals surface area contributed by atoms with Crippen LogP contribution in [0.5, 0.6) is 0 Å². The van der Waals surface area contributed by atoms with E-state index in [0.29, 0.717) is 37.8 Å². The zero-order valence-electron chi connectivity index (χ0n) is 13.5. The molecule has 0 spiro atoms. The van der Waals surface area contributed by atoms with Gasteiger partial charge in [-0.15, -0.1) is 0 Å². The molecule has 0 bridgehead atoms. The van der Waals surface area contributed by atoms with Crippen LogP contribution in [0.2, 0.25) is 0 Å². The van der Waals surface area contributed by atoms with E-state index in [-0.39, 0.29) is 11.8 Å². The number of nitrogens with zero attached hydrogens (tertiary/aromatic N) is 3. The molecule has 0 aromatic carbocycles. The largest absolute Gasteiger partial charge is 0.381 e. The van der Waals surface area contributed by atoms with Crippen molar-refractivity contribution >= 4 is 17.5 Å². The Morgan fingerprint density at radius 3 is 2.45 bits per heavy atom. The number of nitrogens with one attached hydrogen (secondary N) is 1. The van der Waals surface area contributed by atoms with Gasteiger partial charge in [-0.1, -0.05) is 6.92 Å². The van der Waals surface area contributed by atoms with Crippen molar-refractivity contribution in [3.05, 3.63) is 24.0 Å². The smallest absolute Gasteiger partial charge is 0.255 e. The number of anilines is 1. The molecule has 1 atom stereocenters. The maximum absolute atomic E-state index is 12.5. The average Bonchev–Trinajstić information content (AvgIpc) is 2.54. The zero-order valence-corrected chi connectivity index (χ0v) is 13.5. The van der Waals surface area contributed by atoms with Crippen LogP contribution >= 0.6 is 0 Å². The van der Waals surface area contributed by atoms with Gasteiger partial charge in [0.2, 0.25) is 5.91 Å². The number of pyridine rings is 1. The Balaban J connectivity index is 2.01. The number of carbonyl (C=O) groups is 2. The molecular weight excluding hydrogens is 280 g/mol. The molecule has 1 aliphatic heterocycles. The molecule has 1 fully saturated rings. The molecule has 2 heterocycles. The first-order chi connectivity index (χ1) is 10.5. The lowest BCUT2D eigenvalue weighted by Crippen LogP contribution is -2.50. The molecule has 6 nitrogen and oxygen atoms in total. The van der Waals surface area contributed by atoms with E-state index in [1.165, 1.54) is 0 Å². The van der Waals surface area contributed by atoms with Crippen LogP contribution in [0.3, 0.4) is 0 Å². The summed E-state index contributed by atoms with van der Waals surface area (Å²) in [6.07, 6.45) is 4.34. The Labute approximate surface area is 131 Å². The predicted octanol–water partition coefficient (Wildman–Crippen LogP) is 1.60. The highest BCUT2D eigenvalue weighted by molar-refractivity contribution is 5.95. The fraction of sp³-hybridized carbons (Fsp3) is 0.562. The van der Waals surface area contributed by atoms with Crippen molar-refractivity contribution in [3.63, 3.8) is 0 Å². The van der Waals surface area contributed by atoms with Crippen molar-refractivity contribution in [1.82, 2.24) is 14.8 Å². The summed E-state index contributed by atoms with van der Waals surface area (Å²) in [5.74, 6) is 0.0389. The van der Waals surface area contributed by atoms with Gasteiger partial charge in [-0.05, 0) is 19.4 Å². The molecule has 0 radical (unpaired) electrons. The molecule has 1 N–H and O–H groups in total. The Bertz CT molecular complexity index is 539. The van der Waals surface area contributed by atoms with Crippen molar-refractivity contribution in [2.45, 2.75) is 33.2 Å². The summed E-state index contributed by atoms with van der Waals surface area (Å²) in [6.45, 7) is 8.09. The van der Waals surface area contributed by atoms with Gasteiger partial charge in [0.1, 0.15) is 0 Å². The number of hydrogen-bond acceptors (Lipinski definition) is 4. The first kappa shape index (κ1) is 16.3. The summed E-state index contributed by atoms with van der Waals surface area (Å²) in [7, 11) is 0. The highest BCUT2D eigenvalue weighted by Crippen LogP contribution is 2.14. The van der Waals surface area contributed by atoms with E-state index in [2.05, 4.69) is 24.1 Å². The molecular formula is C16H24N4O2. The molecule has 0 aliphatic carbocycles. The molecule has 2 amide bonds. The SMILES string of the molecule is CCC(C)Nc1cncc(C(=O)N2CCN(C(C)=O)CC2)c1. The van der Waals surface area contributed by atoms with Crippen molar-refractivity contribution < 1.29 is 9.59 Å². The summed E-state index contributed by atoms with van der Waals surface area (Å²) in [4.78, 5) is 31.6. The predicted molar refractivity (Wildman–Crippen MR) is 85.8 cm³/mol. The third-order valence-electron chi connectivity index (χ3n) is 4.02. The second-order valence-corrected chi connectivity index (χ2v) is 5.71. The third-order valence-corrected chi connectivity index (χ3v) is 4.02. The molecule has 1 unspecified atom stereocenters. The molecule has 6 heteroatoms. The molecule has 120 valence electrons. The van der Waals surface area contributed by atoms with Crippen LogP contribution in [-0.4, -0.2) is 58.8 Å². The summed E-state index contributed by atoms with van der Waals surface area (Å²) < 4.78 is 0. The van der Waals surface area contributed by atoms with E-state index in [9.17, 15) is 9.59 Å². The van der Waals surface area contributed by atoms with Crippen LogP contribution in [0, 0.1) is 0 Å². The fourth-order valence-corrected chi connectivity index (χ4v) is 2.43. The van der Waals surface area contributed by atoms with Gasteiger partial charge in [-0.3, -0.25) is 14.6 Å². The number of hydrogen-bond donors (Lipinski definition) is 1. The van der Waals surface area contributed by atoms with Gasteiger partial charge >= 0.3 is 0 Å². The van der Waals surface area contributed by atoms with Crippen LogP contribution in [0.15, 0.2) is 18.5 Å². The Morgan fingerprint density at radius 2 is 1.86 bits per heavy atom. The summed E-state index contributed by atoms with van der Waals surface area (Å²) in [5.41, 5.74) is 1.45. The van der Waals surface area contributed by atoms with Gasteiger partial charge in [-0.25, -0.2) is 0 Å². The quantitative estimate of drug-likeness (QED) is 0.917. The van der Waals surface area contributed by atoms with Gasteiger partial charge in [0, 0.05) is 51.5 Å². The van der Waals surface area contributed by atoms with Crippen molar-refractivity contribution in [3.8, 4) is 0 Å². The van der Waals surface area contributed by atoms with E-state index >= 15 is 0 Å². The van der Waals surface area contributed by atoms with Crippen molar-refractivity contribution in [1.29, 1.82) is 0 Å². The zero-order chi connectivity index (χ0) is 16.1. The van der Waals surface area contributed by atoms with Gasteiger partial charge in [0.05, 0.1) is 11.3 Å². The first-order valence-electron chi connectivity index (χ1n) is 7.77. The molecule has 1 saturated heterocycles. The lowest BCUT2D eigenvalue weighted by molar-refractivity contribution is -0.130. The van der Waals surface area contributed by atoms with Gasteiger partial charge in [-0.2, -0.15) is 0 Å². The van der Waals surface area contributed by atoms with Crippen LogP contribution < -0.4 is 5.32 Å². The molecule has 22 heavy (non-hydrogen) atoms. The van der Waals surface area contributed by atoms with Crippen LogP contribution in [0.4, 0.5) is 5.69 Å². The minimum absolute atomic E-state index is 0.0245. The summed E-state index contributed by atoms with van der Waals surface area (Å²) in [5, 5.41) is 3.33. The molecule has 2 rings (SSSR count). The highest BCUT2D eigenvalue weighted by Gasteiger charge is 2.23. The number of rotatable bonds is 4. The van der Waals surface area contributed by atoms with E-state index < -0.39 is 0 Å². The van der Waals surface area contributed by atoms with Gasteiger partial charge in [0.15, 0.2) is 0 Å². The Hall–Kier alpha value is -2.11. The Kier molecular flexibility index (Phi) is 5.35. The number of amides is 2. The lowest BCUT2D eigenvalue weighted by Gasteiger charge is -2.34. The summed E-state index contributed by atoms with van der Waals surface area (Å²) >= 11 is 0. The minimum Gasteiger partial charge on any atom is -0.381 e. The van der Waals surface area contributed by atoms with Crippen LogP contribution in [0.1, 0.15) is 37.6 Å². The maximum atomic E-state index is 12.5. The maximum Gasteiger partial charge on any atom is 0.255 e.